The van der Waals surface area contributed by atoms with E-state index in [9.17, 15) is 0 Å². The van der Waals surface area contributed by atoms with Crippen LogP contribution < -0.4 is 32.9 Å². The summed E-state index contributed by atoms with van der Waals surface area (Å²) in [5, 5.41) is 4.48. The Morgan fingerprint density at radius 1 is 0.500 bits per heavy atom. The van der Waals surface area contributed by atoms with Crippen LogP contribution in [0, 0.1) is 0 Å². The van der Waals surface area contributed by atoms with Gasteiger partial charge in [0.05, 0.1) is 5.16 Å². The molecule has 0 bridgehead atoms. The zero-order chi connectivity index (χ0) is 16.3. The number of hydrogen-bond donors (Lipinski definition) is 0. The van der Waals surface area contributed by atoms with Gasteiger partial charge in [0.25, 0.3) is 0 Å². The highest BCUT2D eigenvalue weighted by Gasteiger charge is 2.54. The second-order valence-electron chi connectivity index (χ2n) is 6.85. The molecule has 0 amide bonds. The van der Waals surface area contributed by atoms with E-state index in [2.05, 4.69) is 112 Å². The molecule has 0 atom stereocenters. The molecule has 3 aromatic rings. The van der Waals surface area contributed by atoms with Crippen molar-refractivity contribution in [2.24, 2.45) is 0 Å². The molecule has 24 heavy (non-hydrogen) atoms. The topological polar surface area (TPSA) is 0 Å². The van der Waals surface area contributed by atoms with E-state index in [-0.39, 0.29) is 22.1 Å². The van der Waals surface area contributed by atoms with Gasteiger partial charge in [0.2, 0.25) is 0 Å². The highest BCUT2D eigenvalue weighted by Crippen LogP contribution is 2.65. The molecule has 0 unspecified atom stereocenters. The fourth-order valence-electron chi connectivity index (χ4n) is 3.56. The molecule has 0 aromatic heterocycles. The lowest BCUT2D eigenvalue weighted by Crippen LogP contribution is -3.00. The van der Waals surface area contributed by atoms with Crippen LogP contribution in [0.4, 0.5) is 0 Å². The third-order valence-corrected chi connectivity index (χ3v) is 9.67. The zero-order valence-corrected chi connectivity index (χ0v) is 17.0. The third-order valence-electron chi connectivity index (χ3n) is 4.44. The maximum atomic E-state index is 2.38. The summed E-state index contributed by atoms with van der Waals surface area (Å²) in [4.78, 5) is 0. The summed E-state index contributed by atoms with van der Waals surface area (Å²) in [6.07, 6.45) is 0. The first kappa shape index (κ1) is 18.9. The van der Waals surface area contributed by atoms with Crippen LogP contribution >= 0.6 is 7.26 Å². The van der Waals surface area contributed by atoms with Gasteiger partial charge in [0.15, 0.2) is 0 Å². The monoisotopic (exact) mass is 398 g/mol. The van der Waals surface area contributed by atoms with Gasteiger partial charge in [-0.1, -0.05) is 54.6 Å². The first-order valence-corrected chi connectivity index (χ1v) is 9.92. The van der Waals surface area contributed by atoms with Crippen LogP contribution in [0.3, 0.4) is 0 Å². The predicted octanol–water partition coefficient (Wildman–Crippen LogP) is 1.78. The predicted molar refractivity (Wildman–Crippen MR) is 105 cm³/mol. The van der Waals surface area contributed by atoms with E-state index in [1.54, 1.807) is 0 Å². The second kappa shape index (κ2) is 7.64. The van der Waals surface area contributed by atoms with Crippen molar-refractivity contribution in [3.8, 4) is 0 Å². The molecule has 3 aromatic carbocycles. The zero-order valence-electron chi connectivity index (χ0n) is 14.5. The molecule has 0 fully saturated rings. The molecule has 124 valence electrons. The van der Waals surface area contributed by atoms with Crippen molar-refractivity contribution in [2.45, 2.75) is 25.9 Å². The lowest BCUT2D eigenvalue weighted by Gasteiger charge is -2.38. The minimum atomic E-state index is -1.74. The highest BCUT2D eigenvalue weighted by atomic mass is 79.9. The average Bonchev–Trinajstić information content (AvgIpc) is 2.57. The SMILES string of the molecule is CC(C)(C)[P+](c1ccccc1)(c1ccccc1)c1ccccc1.[Br-]. The Balaban J connectivity index is 0.00000208. The van der Waals surface area contributed by atoms with Crippen LogP contribution in [0.25, 0.3) is 0 Å². The van der Waals surface area contributed by atoms with Crippen molar-refractivity contribution in [2.75, 3.05) is 0 Å². The molecule has 0 aliphatic carbocycles. The lowest BCUT2D eigenvalue weighted by molar-refractivity contribution is -0.00000482. The molecule has 2 heteroatoms. The van der Waals surface area contributed by atoms with Crippen molar-refractivity contribution in [1.29, 1.82) is 0 Å². The Labute approximate surface area is 157 Å². The molecule has 0 saturated heterocycles. The van der Waals surface area contributed by atoms with Gasteiger partial charge in [-0.05, 0) is 57.2 Å². The molecule has 0 radical (unpaired) electrons. The summed E-state index contributed by atoms with van der Waals surface area (Å²) in [7, 11) is -1.74. The van der Waals surface area contributed by atoms with Gasteiger partial charge in [-0.25, -0.2) is 0 Å². The summed E-state index contributed by atoms with van der Waals surface area (Å²) < 4.78 is 0. The van der Waals surface area contributed by atoms with Crippen LogP contribution in [0.2, 0.25) is 0 Å². The normalized spacial score (nSPS) is 11.6. The molecular formula is C22H24BrP. The molecule has 3 rings (SSSR count). The van der Waals surface area contributed by atoms with E-state index in [1.165, 1.54) is 15.9 Å². The Kier molecular flexibility index (Phi) is 6.01. The van der Waals surface area contributed by atoms with Crippen LogP contribution in [-0.4, -0.2) is 5.16 Å². The van der Waals surface area contributed by atoms with E-state index in [4.69, 9.17) is 0 Å². The van der Waals surface area contributed by atoms with Crippen molar-refractivity contribution in [3.05, 3.63) is 91.0 Å². The number of halogens is 1. The van der Waals surface area contributed by atoms with E-state index in [1.807, 2.05) is 0 Å². The smallest absolute Gasteiger partial charge is 0.117 e. The van der Waals surface area contributed by atoms with Gasteiger partial charge >= 0.3 is 0 Å². The van der Waals surface area contributed by atoms with Gasteiger partial charge in [0.1, 0.15) is 23.2 Å². The molecular weight excluding hydrogens is 375 g/mol. The Bertz CT molecular complexity index is 650. The highest BCUT2D eigenvalue weighted by molar-refractivity contribution is 7.96. The summed E-state index contributed by atoms with van der Waals surface area (Å²) in [6.45, 7) is 7.15. The number of benzene rings is 3. The number of rotatable bonds is 3. The van der Waals surface area contributed by atoms with Gasteiger partial charge < -0.3 is 17.0 Å². The standard InChI is InChI=1S/C22H24P.BrH/c1-22(2,3)23(19-13-7-4-8-14-19,20-15-9-5-10-16-20)21-17-11-6-12-18-21;/h4-18H,1-3H3;1H/q+1;/p-1. The van der Waals surface area contributed by atoms with E-state index in [0.29, 0.717) is 0 Å². The summed E-state index contributed by atoms with van der Waals surface area (Å²) >= 11 is 0. The minimum absolute atomic E-state index is 0. The fourth-order valence-corrected chi connectivity index (χ4v) is 8.64. The van der Waals surface area contributed by atoms with Crippen molar-refractivity contribution in [1.82, 2.24) is 0 Å². The summed E-state index contributed by atoms with van der Waals surface area (Å²) in [5.41, 5.74) is 0. The Morgan fingerprint density at radius 2 is 0.750 bits per heavy atom. The lowest BCUT2D eigenvalue weighted by atomic mass is 10.2. The molecule has 0 aliphatic rings. The summed E-state index contributed by atoms with van der Waals surface area (Å²) in [6, 6.07) is 33.2. The molecule has 0 N–H and O–H groups in total. The summed E-state index contributed by atoms with van der Waals surface area (Å²) in [5.74, 6) is 0. The van der Waals surface area contributed by atoms with Crippen LogP contribution in [0.15, 0.2) is 91.0 Å². The number of hydrogen-bond acceptors (Lipinski definition) is 0. The molecule has 0 spiro atoms. The van der Waals surface area contributed by atoms with Crippen LogP contribution in [0.5, 0.6) is 0 Å². The fraction of sp³-hybridized carbons (Fsp3) is 0.182. The maximum Gasteiger partial charge on any atom is 0.117 e. The Hall–Kier alpha value is -1.43. The van der Waals surface area contributed by atoms with Gasteiger partial charge in [-0.15, -0.1) is 0 Å². The quantitative estimate of drug-likeness (QED) is 0.590. The van der Waals surface area contributed by atoms with Gasteiger partial charge in [-0.3, -0.25) is 0 Å². The second-order valence-corrected chi connectivity index (χ2v) is 11.1. The average molecular weight is 399 g/mol. The van der Waals surface area contributed by atoms with Crippen molar-refractivity contribution in [3.63, 3.8) is 0 Å². The first-order valence-electron chi connectivity index (χ1n) is 8.13. The first-order chi connectivity index (χ1) is 11.1. The molecule has 0 aliphatic heterocycles. The molecule has 0 saturated carbocycles. The van der Waals surface area contributed by atoms with E-state index < -0.39 is 7.26 Å². The van der Waals surface area contributed by atoms with Crippen molar-refractivity contribution < 1.29 is 17.0 Å². The third kappa shape index (κ3) is 3.21. The van der Waals surface area contributed by atoms with E-state index >= 15 is 0 Å². The van der Waals surface area contributed by atoms with Gasteiger partial charge in [-0.2, -0.15) is 0 Å². The minimum Gasteiger partial charge on any atom is -1.00 e. The van der Waals surface area contributed by atoms with E-state index in [0.717, 1.165) is 0 Å². The Morgan fingerprint density at radius 3 is 0.958 bits per heavy atom. The molecule has 0 heterocycles. The van der Waals surface area contributed by atoms with Crippen molar-refractivity contribution >= 4 is 23.2 Å². The van der Waals surface area contributed by atoms with Crippen LogP contribution in [0.1, 0.15) is 20.8 Å². The largest absolute Gasteiger partial charge is 1.00 e. The maximum absolute atomic E-state index is 2.38. The molecule has 0 nitrogen and oxygen atoms in total. The van der Waals surface area contributed by atoms with Gasteiger partial charge in [0, 0.05) is 0 Å². The van der Waals surface area contributed by atoms with Crippen LogP contribution in [-0.2, 0) is 0 Å².